The Hall–Kier alpha value is -1.38. The molecule has 8 heteroatoms. The van der Waals surface area contributed by atoms with Crippen molar-refractivity contribution in [1.29, 1.82) is 0 Å². The molecule has 2 rings (SSSR count). The van der Waals surface area contributed by atoms with Crippen molar-refractivity contribution in [2.75, 3.05) is 25.5 Å². The van der Waals surface area contributed by atoms with Gasteiger partial charge in [0, 0.05) is 19.1 Å². The predicted octanol–water partition coefficient (Wildman–Crippen LogP) is 3.59. The molecule has 0 aromatic heterocycles. The van der Waals surface area contributed by atoms with Crippen LogP contribution in [0.3, 0.4) is 0 Å². The summed E-state index contributed by atoms with van der Waals surface area (Å²) in [6.07, 6.45) is 4.75. The van der Waals surface area contributed by atoms with Crippen molar-refractivity contribution >= 4 is 33.0 Å². The smallest absolute Gasteiger partial charge is 0.243 e. The van der Waals surface area contributed by atoms with Crippen molar-refractivity contribution in [2.24, 2.45) is 5.92 Å². The van der Waals surface area contributed by atoms with E-state index >= 15 is 0 Å². The van der Waals surface area contributed by atoms with Gasteiger partial charge in [-0.2, -0.15) is 4.31 Å². The number of hydrogen-bond acceptors (Lipinski definition) is 4. The third kappa shape index (κ3) is 5.33. The van der Waals surface area contributed by atoms with Crippen LogP contribution in [0.5, 0.6) is 5.75 Å². The molecule has 0 unspecified atom stereocenters. The van der Waals surface area contributed by atoms with Crippen LogP contribution in [0.2, 0.25) is 0 Å². The highest BCUT2D eigenvalue weighted by Crippen LogP contribution is 2.29. The predicted molar refractivity (Wildman–Crippen MR) is 114 cm³/mol. The second-order valence-electron chi connectivity index (χ2n) is 6.92. The molecular formula is C19H31N3O3S2. The van der Waals surface area contributed by atoms with E-state index in [2.05, 4.69) is 17.6 Å². The van der Waals surface area contributed by atoms with Gasteiger partial charge in [-0.25, -0.2) is 8.42 Å². The first-order valence-corrected chi connectivity index (χ1v) is 11.4. The molecule has 1 aromatic rings. The van der Waals surface area contributed by atoms with Gasteiger partial charge in [-0.1, -0.05) is 33.6 Å². The van der Waals surface area contributed by atoms with E-state index in [4.69, 9.17) is 17.0 Å². The highest BCUT2D eigenvalue weighted by atomic mass is 32.2. The Morgan fingerprint density at radius 2 is 1.93 bits per heavy atom. The molecule has 0 saturated heterocycles. The summed E-state index contributed by atoms with van der Waals surface area (Å²) in [6, 6.07) is 5.15. The number of methoxy groups -OCH3 is 1. The summed E-state index contributed by atoms with van der Waals surface area (Å²) in [5, 5.41) is 7.00. The van der Waals surface area contributed by atoms with Crippen LogP contribution in [-0.2, 0) is 10.0 Å². The summed E-state index contributed by atoms with van der Waals surface area (Å²) in [7, 11) is -1.99. The van der Waals surface area contributed by atoms with Gasteiger partial charge in [0.2, 0.25) is 10.0 Å². The van der Waals surface area contributed by atoms with E-state index in [0.717, 1.165) is 6.42 Å². The quantitative estimate of drug-likeness (QED) is 0.666. The Kier molecular flexibility index (Phi) is 7.88. The van der Waals surface area contributed by atoms with E-state index in [1.54, 1.807) is 25.3 Å². The molecule has 2 atom stereocenters. The molecule has 2 N–H and O–H groups in total. The second-order valence-corrected chi connectivity index (χ2v) is 9.26. The molecule has 1 aliphatic rings. The number of nitrogens with one attached hydrogen (secondary N) is 2. The second kappa shape index (κ2) is 9.71. The number of hydrogen-bond donors (Lipinski definition) is 2. The minimum atomic E-state index is -3.55. The van der Waals surface area contributed by atoms with Crippen LogP contribution in [-0.4, -0.2) is 44.1 Å². The van der Waals surface area contributed by atoms with Crippen molar-refractivity contribution in [3.63, 3.8) is 0 Å². The minimum absolute atomic E-state index is 0.225. The Labute approximate surface area is 168 Å². The Bertz CT molecular complexity index is 749. The summed E-state index contributed by atoms with van der Waals surface area (Å²) in [5.41, 5.74) is 0.548. The van der Waals surface area contributed by atoms with Crippen molar-refractivity contribution < 1.29 is 13.2 Å². The summed E-state index contributed by atoms with van der Waals surface area (Å²) in [6.45, 7) is 6.74. The molecule has 0 amide bonds. The number of benzene rings is 1. The number of nitrogens with zero attached hydrogens (tertiary/aromatic N) is 1. The van der Waals surface area contributed by atoms with Gasteiger partial charge in [0.05, 0.1) is 17.7 Å². The first-order valence-electron chi connectivity index (χ1n) is 9.59. The Morgan fingerprint density at radius 1 is 1.26 bits per heavy atom. The molecule has 1 fully saturated rings. The topological polar surface area (TPSA) is 70.7 Å². The molecule has 1 aromatic carbocycles. The average molecular weight is 414 g/mol. The molecule has 0 heterocycles. The van der Waals surface area contributed by atoms with Crippen LogP contribution in [0.25, 0.3) is 0 Å². The normalized spacial score (nSPS) is 20.3. The van der Waals surface area contributed by atoms with Crippen LogP contribution >= 0.6 is 12.2 Å². The maximum absolute atomic E-state index is 12.8. The lowest BCUT2D eigenvalue weighted by Gasteiger charge is -2.30. The van der Waals surface area contributed by atoms with E-state index in [9.17, 15) is 8.42 Å². The fraction of sp³-hybridized carbons (Fsp3) is 0.632. The van der Waals surface area contributed by atoms with Crippen LogP contribution < -0.4 is 15.4 Å². The van der Waals surface area contributed by atoms with Gasteiger partial charge in [-0.3, -0.25) is 0 Å². The molecule has 27 heavy (non-hydrogen) atoms. The van der Waals surface area contributed by atoms with Crippen LogP contribution in [0, 0.1) is 5.92 Å². The summed E-state index contributed by atoms with van der Waals surface area (Å²) < 4.78 is 32.4. The SMILES string of the molecule is CCN(CC)S(=O)(=O)c1ccc(OC)c(NC(=S)N[C@H]2CCCC[C@H]2C)c1. The van der Waals surface area contributed by atoms with Crippen molar-refractivity contribution in [3.8, 4) is 5.75 Å². The van der Waals surface area contributed by atoms with Crippen molar-refractivity contribution in [1.82, 2.24) is 9.62 Å². The summed E-state index contributed by atoms with van der Waals surface area (Å²) in [4.78, 5) is 0.225. The number of sulfonamides is 1. The fourth-order valence-electron chi connectivity index (χ4n) is 3.52. The zero-order chi connectivity index (χ0) is 20.0. The highest BCUT2D eigenvalue weighted by Gasteiger charge is 2.24. The molecule has 1 aliphatic carbocycles. The molecule has 152 valence electrons. The molecule has 0 bridgehead atoms. The maximum Gasteiger partial charge on any atom is 0.243 e. The van der Waals surface area contributed by atoms with Crippen LogP contribution in [0.15, 0.2) is 23.1 Å². The summed E-state index contributed by atoms with van der Waals surface area (Å²) in [5.74, 6) is 1.11. The number of ether oxygens (including phenoxy) is 1. The maximum atomic E-state index is 12.8. The van der Waals surface area contributed by atoms with Crippen molar-refractivity contribution in [2.45, 2.75) is 57.4 Å². The zero-order valence-corrected chi connectivity index (χ0v) is 18.3. The lowest BCUT2D eigenvalue weighted by Crippen LogP contribution is -2.43. The van der Waals surface area contributed by atoms with Gasteiger partial charge < -0.3 is 15.4 Å². The molecule has 0 radical (unpaired) electrons. The van der Waals surface area contributed by atoms with E-state index in [0.29, 0.717) is 41.6 Å². The number of thiocarbonyl (C=S) groups is 1. The Balaban J connectivity index is 2.21. The molecule has 6 nitrogen and oxygen atoms in total. The van der Waals surface area contributed by atoms with Gasteiger partial charge in [0.15, 0.2) is 5.11 Å². The van der Waals surface area contributed by atoms with Crippen LogP contribution in [0.1, 0.15) is 46.5 Å². The van der Waals surface area contributed by atoms with Crippen molar-refractivity contribution in [3.05, 3.63) is 18.2 Å². The largest absolute Gasteiger partial charge is 0.495 e. The minimum Gasteiger partial charge on any atom is -0.495 e. The summed E-state index contributed by atoms with van der Waals surface area (Å²) >= 11 is 5.47. The first-order chi connectivity index (χ1) is 12.8. The zero-order valence-electron chi connectivity index (χ0n) is 16.6. The van der Waals surface area contributed by atoms with E-state index in [1.165, 1.54) is 23.6 Å². The molecule has 0 spiro atoms. The van der Waals surface area contributed by atoms with Gasteiger partial charge >= 0.3 is 0 Å². The lowest BCUT2D eigenvalue weighted by atomic mass is 9.86. The van der Waals surface area contributed by atoms with E-state index in [-0.39, 0.29) is 4.90 Å². The number of anilines is 1. The average Bonchev–Trinajstić information content (AvgIpc) is 2.64. The fourth-order valence-corrected chi connectivity index (χ4v) is 5.26. The van der Waals surface area contributed by atoms with Gasteiger partial charge in [0.25, 0.3) is 0 Å². The first kappa shape index (κ1) is 21.9. The number of rotatable bonds is 7. The third-order valence-corrected chi connectivity index (χ3v) is 7.46. The third-order valence-electron chi connectivity index (χ3n) is 5.19. The monoisotopic (exact) mass is 413 g/mol. The van der Waals surface area contributed by atoms with Gasteiger partial charge in [-0.15, -0.1) is 0 Å². The van der Waals surface area contributed by atoms with Gasteiger partial charge in [-0.05, 0) is 49.2 Å². The highest BCUT2D eigenvalue weighted by molar-refractivity contribution is 7.89. The standard InChI is InChI=1S/C19H31N3O3S2/c1-5-22(6-2)27(23,24)15-11-12-18(25-4)17(13-15)21-19(26)20-16-10-8-7-9-14(16)3/h11-14,16H,5-10H2,1-4H3,(H2,20,21,26)/t14-,16+/m1/s1. The van der Waals surface area contributed by atoms with E-state index < -0.39 is 10.0 Å². The lowest BCUT2D eigenvalue weighted by molar-refractivity contribution is 0.309. The van der Waals surface area contributed by atoms with Crippen LogP contribution in [0.4, 0.5) is 5.69 Å². The Morgan fingerprint density at radius 3 is 2.52 bits per heavy atom. The van der Waals surface area contributed by atoms with E-state index in [1.807, 2.05) is 13.8 Å². The molecule has 0 aliphatic heterocycles. The molecular weight excluding hydrogens is 382 g/mol. The molecule has 1 saturated carbocycles. The van der Waals surface area contributed by atoms with Gasteiger partial charge in [0.1, 0.15) is 5.75 Å².